The van der Waals surface area contributed by atoms with E-state index in [1.165, 1.54) is 38.5 Å². The van der Waals surface area contributed by atoms with Crippen LogP contribution >= 0.6 is 0 Å². The van der Waals surface area contributed by atoms with Gasteiger partial charge in [-0.2, -0.15) is 0 Å². The van der Waals surface area contributed by atoms with E-state index in [1.54, 1.807) is 9.80 Å². The summed E-state index contributed by atoms with van der Waals surface area (Å²) in [5.41, 5.74) is 0.194. The van der Waals surface area contributed by atoms with Crippen molar-refractivity contribution in [1.82, 2.24) is 9.80 Å². The van der Waals surface area contributed by atoms with Gasteiger partial charge in [0.1, 0.15) is 0 Å². The van der Waals surface area contributed by atoms with Crippen molar-refractivity contribution < 1.29 is 19.2 Å². The lowest BCUT2D eigenvalue weighted by molar-refractivity contribution is -0.146. The second kappa shape index (κ2) is 8.56. The predicted octanol–water partition coefficient (Wildman–Crippen LogP) is 5.22. The van der Waals surface area contributed by atoms with Gasteiger partial charge in [-0.25, -0.2) is 0 Å². The van der Waals surface area contributed by atoms with Gasteiger partial charge in [0.05, 0.1) is 23.7 Å². The Balaban J connectivity index is 0.985. The van der Waals surface area contributed by atoms with Crippen LogP contribution in [0.15, 0.2) is 12.2 Å². The summed E-state index contributed by atoms with van der Waals surface area (Å²) in [5, 5.41) is 0. The number of amides is 4. The lowest BCUT2D eigenvalue weighted by Gasteiger charge is -2.57. The molecule has 5 atom stereocenters. The van der Waals surface area contributed by atoms with E-state index in [2.05, 4.69) is 0 Å². The van der Waals surface area contributed by atoms with Crippen LogP contribution in [0.5, 0.6) is 0 Å². The largest absolute Gasteiger partial charge is 0.282 e. The highest BCUT2D eigenvalue weighted by Gasteiger charge is 2.65. The standard InChI is InChI=1S/C35H46N2O4/c1-2-3-25-28-26(30(38)36(32(28)40)17-34-11-19-4-20(12-34)6-21(5-19)13-34)10-27-29(25)33(41)37(31(27)39)18-35-14-22-7-23(15-35)9-24(8-22)16-35/h2-3,19-29H,4-18H2,1H3/b3-2+/t19?,20?,21?,22?,23?,24?,25?,26-,27+,28-,29-,34?,35?/m0/s1. The van der Waals surface area contributed by atoms with Crippen LogP contribution in [0.4, 0.5) is 0 Å². The Kier molecular flexibility index (Phi) is 5.33. The Hall–Kier alpha value is -1.98. The summed E-state index contributed by atoms with van der Waals surface area (Å²) in [6.45, 7) is 3.07. The highest BCUT2D eigenvalue weighted by Crippen LogP contribution is 2.63. The van der Waals surface area contributed by atoms with Crippen LogP contribution in [-0.2, 0) is 19.2 Å². The predicted molar refractivity (Wildman–Crippen MR) is 152 cm³/mol. The molecule has 11 aliphatic rings. The smallest absolute Gasteiger partial charge is 0.233 e. The van der Waals surface area contributed by atoms with Crippen LogP contribution in [0.2, 0.25) is 0 Å². The maximum atomic E-state index is 14.2. The van der Waals surface area contributed by atoms with Crippen LogP contribution < -0.4 is 0 Å². The molecular formula is C35H46N2O4. The molecule has 0 N–H and O–H groups in total. The van der Waals surface area contributed by atoms with Crippen molar-refractivity contribution >= 4 is 23.6 Å². The summed E-state index contributed by atoms with van der Waals surface area (Å²) in [7, 11) is 0. The van der Waals surface area contributed by atoms with E-state index in [-0.39, 0.29) is 40.4 Å². The third-order valence-corrected chi connectivity index (χ3v) is 14.2. The topological polar surface area (TPSA) is 74.8 Å². The first-order chi connectivity index (χ1) is 19.7. The first kappa shape index (κ1) is 25.5. The zero-order chi connectivity index (χ0) is 27.8. The average molecular weight is 559 g/mol. The van der Waals surface area contributed by atoms with Gasteiger partial charge < -0.3 is 0 Å². The van der Waals surface area contributed by atoms with Crippen LogP contribution in [0, 0.1) is 75.9 Å². The molecule has 220 valence electrons. The molecule has 8 bridgehead atoms. The molecule has 9 saturated carbocycles. The van der Waals surface area contributed by atoms with E-state index >= 15 is 0 Å². The minimum atomic E-state index is -0.495. The maximum absolute atomic E-state index is 14.2. The van der Waals surface area contributed by atoms with E-state index in [9.17, 15) is 19.2 Å². The molecular weight excluding hydrogens is 512 g/mol. The van der Waals surface area contributed by atoms with Gasteiger partial charge in [-0.15, -0.1) is 0 Å². The Morgan fingerprint density at radius 3 is 1.22 bits per heavy atom. The van der Waals surface area contributed by atoms with Gasteiger partial charge in [0.2, 0.25) is 23.6 Å². The average Bonchev–Trinajstić information content (AvgIpc) is 3.27. The van der Waals surface area contributed by atoms with Crippen LogP contribution in [0.25, 0.3) is 0 Å². The zero-order valence-electron chi connectivity index (χ0n) is 24.6. The highest BCUT2D eigenvalue weighted by molar-refractivity contribution is 6.10. The van der Waals surface area contributed by atoms with Gasteiger partial charge in [-0.1, -0.05) is 12.2 Å². The van der Waals surface area contributed by atoms with Crippen LogP contribution in [0.3, 0.4) is 0 Å². The van der Waals surface area contributed by atoms with Gasteiger partial charge >= 0.3 is 0 Å². The number of nitrogens with zero attached hydrogens (tertiary/aromatic N) is 2. The Morgan fingerprint density at radius 1 is 0.561 bits per heavy atom. The Bertz CT molecular complexity index is 1090. The monoisotopic (exact) mass is 558 g/mol. The fraction of sp³-hybridized carbons (Fsp3) is 0.829. The third kappa shape index (κ3) is 3.60. The molecule has 11 rings (SSSR count). The van der Waals surface area contributed by atoms with E-state index in [0.29, 0.717) is 19.5 Å². The van der Waals surface area contributed by atoms with E-state index in [0.717, 1.165) is 74.0 Å². The number of imide groups is 2. The normalized spacial score (nSPS) is 52.9. The number of hydrogen-bond acceptors (Lipinski definition) is 4. The fourth-order valence-electron chi connectivity index (χ4n) is 13.9. The number of rotatable bonds is 5. The van der Waals surface area contributed by atoms with Gasteiger partial charge in [0, 0.05) is 19.0 Å². The summed E-state index contributed by atoms with van der Waals surface area (Å²) >= 11 is 0. The summed E-state index contributed by atoms with van der Waals surface area (Å²) in [6.07, 6.45) is 19.3. The third-order valence-electron chi connectivity index (χ3n) is 14.2. The van der Waals surface area contributed by atoms with Crippen molar-refractivity contribution in [3.05, 3.63) is 12.2 Å². The van der Waals surface area contributed by atoms with E-state index in [4.69, 9.17) is 0 Å². The second-order valence-corrected chi connectivity index (χ2v) is 17.0. The van der Waals surface area contributed by atoms with Crippen molar-refractivity contribution in [3.63, 3.8) is 0 Å². The number of carbonyl (C=O) groups is 4. The van der Waals surface area contributed by atoms with Crippen LogP contribution in [-0.4, -0.2) is 46.5 Å². The number of fused-ring (bicyclic) bond motifs is 2. The zero-order valence-corrected chi connectivity index (χ0v) is 24.6. The van der Waals surface area contributed by atoms with Gasteiger partial charge in [-0.3, -0.25) is 29.0 Å². The summed E-state index contributed by atoms with van der Waals surface area (Å²) in [6, 6.07) is 0. The molecule has 2 saturated heterocycles. The van der Waals surface area contributed by atoms with E-state index in [1.807, 2.05) is 19.1 Å². The van der Waals surface area contributed by atoms with Crippen molar-refractivity contribution in [2.75, 3.05) is 13.1 Å². The van der Waals surface area contributed by atoms with E-state index < -0.39 is 23.7 Å². The van der Waals surface area contributed by atoms with Gasteiger partial charge in [0.25, 0.3) is 0 Å². The molecule has 6 nitrogen and oxygen atoms in total. The molecule has 0 aromatic rings. The molecule has 0 radical (unpaired) electrons. The molecule has 0 spiro atoms. The quantitative estimate of drug-likeness (QED) is 0.343. The first-order valence-corrected chi connectivity index (χ1v) is 17.1. The number of hydrogen-bond donors (Lipinski definition) is 0. The first-order valence-electron chi connectivity index (χ1n) is 17.1. The molecule has 41 heavy (non-hydrogen) atoms. The molecule has 9 aliphatic carbocycles. The number of carbonyl (C=O) groups excluding carboxylic acids is 4. The fourth-order valence-corrected chi connectivity index (χ4v) is 13.9. The van der Waals surface area contributed by atoms with Gasteiger partial charge in [-0.05, 0) is 137 Å². The SMILES string of the molecule is C/C=C/C1[C@@H]2C(=O)N(CC34CC5CC(CC(C5)C3)C4)C(=O)[C@H]2C[C@H]2C(=O)N(CC34CC5CC(CC(C5)C3)C4)C(=O)[C@@H]12. The van der Waals surface area contributed by atoms with Crippen LogP contribution in [0.1, 0.15) is 90.4 Å². The summed E-state index contributed by atoms with van der Waals surface area (Å²) in [5.74, 6) is 2.09. The van der Waals surface area contributed by atoms with Crippen molar-refractivity contribution in [3.8, 4) is 0 Å². The number of allylic oxidation sites excluding steroid dienone is 2. The molecule has 0 aromatic heterocycles. The highest BCUT2D eigenvalue weighted by atomic mass is 16.2. The Morgan fingerprint density at radius 2 is 0.902 bits per heavy atom. The van der Waals surface area contributed by atoms with Crippen molar-refractivity contribution in [2.24, 2.45) is 75.9 Å². The van der Waals surface area contributed by atoms with Crippen molar-refractivity contribution in [1.29, 1.82) is 0 Å². The Labute approximate surface area is 244 Å². The molecule has 2 heterocycles. The molecule has 0 aromatic carbocycles. The van der Waals surface area contributed by atoms with Crippen molar-refractivity contribution in [2.45, 2.75) is 90.4 Å². The number of likely N-dealkylation sites (tertiary alicyclic amines) is 2. The summed E-state index contributed by atoms with van der Waals surface area (Å²) in [4.78, 5) is 59.7. The van der Waals surface area contributed by atoms with Gasteiger partial charge in [0.15, 0.2) is 0 Å². The maximum Gasteiger partial charge on any atom is 0.233 e. The molecule has 1 unspecified atom stereocenters. The molecule has 11 fully saturated rings. The lowest BCUT2D eigenvalue weighted by Crippen LogP contribution is -2.52. The molecule has 4 amide bonds. The minimum absolute atomic E-state index is 0.0523. The summed E-state index contributed by atoms with van der Waals surface area (Å²) < 4.78 is 0. The lowest BCUT2D eigenvalue weighted by atomic mass is 9.49. The molecule has 2 aliphatic heterocycles. The minimum Gasteiger partial charge on any atom is -0.282 e. The molecule has 6 heteroatoms. The second-order valence-electron chi connectivity index (χ2n) is 17.0.